The van der Waals surface area contributed by atoms with Gasteiger partial charge in [-0.1, -0.05) is 6.07 Å². The van der Waals surface area contributed by atoms with Crippen LogP contribution in [0.1, 0.15) is 17.5 Å². The first kappa shape index (κ1) is 15.5. The summed E-state index contributed by atoms with van der Waals surface area (Å²) < 4.78 is 14.4. The molecule has 0 aliphatic carbocycles. The number of rotatable bonds is 5. The number of aromatic nitrogens is 1. The lowest BCUT2D eigenvalue weighted by Gasteiger charge is -2.25. The number of anilines is 1. The van der Waals surface area contributed by atoms with Crippen LogP contribution in [0.3, 0.4) is 0 Å². The molecule has 2 heterocycles. The van der Waals surface area contributed by atoms with Crippen molar-refractivity contribution in [1.29, 1.82) is 0 Å². The monoisotopic (exact) mass is 312 g/mol. The van der Waals surface area contributed by atoms with Gasteiger partial charge in [-0.15, -0.1) is 0 Å². The third-order valence-electron chi connectivity index (χ3n) is 4.02. The number of hydrogen-bond acceptors (Lipinski definition) is 4. The Kier molecular flexibility index (Phi) is 4.86. The van der Waals surface area contributed by atoms with Crippen molar-refractivity contribution in [3.05, 3.63) is 59.7 Å². The van der Waals surface area contributed by atoms with Gasteiger partial charge in [0.25, 0.3) is 0 Å². The zero-order valence-electron chi connectivity index (χ0n) is 13.3. The quantitative estimate of drug-likeness (QED) is 0.923. The van der Waals surface area contributed by atoms with E-state index in [2.05, 4.69) is 20.2 Å². The molecule has 1 aromatic carbocycles. The number of benzene rings is 1. The number of nitrogens with zero attached hydrogens (tertiary/aromatic N) is 3. The van der Waals surface area contributed by atoms with Gasteiger partial charge in [-0.25, -0.2) is 4.39 Å². The fraction of sp³-hybridized carbons (Fsp3) is 0.333. The Bertz CT molecular complexity index is 685. The van der Waals surface area contributed by atoms with Crippen molar-refractivity contribution in [3.63, 3.8) is 0 Å². The summed E-state index contributed by atoms with van der Waals surface area (Å²) in [5, 5.41) is 3.22. The SMILES string of the molecule is CN(CCc1ccncc1)c1cccc(F)c1C1=NCCCN1. The molecule has 1 aliphatic rings. The number of nitrogens with one attached hydrogen (secondary N) is 1. The van der Waals surface area contributed by atoms with Gasteiger partial charge in [-0.3, -0.25) is 9.98 Å². The molecular formula is C18H21FN4. The summed E-state index contributed by atoms with van der Waals surface area (Å²) in [4.78, 5) is 10.6. The maximum atomic E-state index is 14.4. The topological polar surface area (TPSA) is 40.5 Å². The van der Waals surface area contributed by atoms with Crippen molar-refractivity contribution in [3.8, 4) is 0 Å². The second-order valence-corrected chi connectivity index (χ2v) is 5.67. The maximum Gasteiger partial charge on any atom is 0.136 e. The lowest BCUT2D eigenvalue weighted by atomic mass is 10.1. The number of aliphatic imine (C=N–C) groups is 1. The van der Waals surface area contributed by atoms with Gasteiger partial charge in [-0.05, 0) is 42.7 Å². The Labute approximate surface area is 136 Å². The summed E-state index contributed by atoms with van der Waals surface area (Å²) in [7, 11) is 1.99. The van der Waals surface area contributed by atoms with Gasteiger partial charge in [0.2, 0.25) is 0 Å². The van der Waals surface area contributed by atoms with Crippen LogP contribution in [0.5, 0.6) is 0 Å². The van der Waals surface area contributed by atoms with Crippen LogP contribution in [0.15, 0.2) is 47.7 Å². The predicted molar refractivity (Wildman–Crippen MR) is 91.6 cm³/mol. The van der Waals surface area contributed by atoms with Crippen molar-refractivity contribution in [2.75, 3.05) is 31.6 Å². The Morgan fingerprint density at radius 2 is 2.04 bits per heavy atom. The van der Waals surface area contributed by atoms with Crippen molar-refractivity contribution in [2.45, 2.75) is 12.8 Å². The lowest BCUT2D eigenvalue weighted by molar-refractivity contribution is 0.620. The van der Waals surface area contributed by atoms with E-state index in [4.69, 9.17) is 0 Å². The first-order valence-corrected chi connectivity index (χ1v) is 7.93. The van der Waals surface area contributed by atoms with E-state index in [1.165, 1.54) is 11.6 Å². The van der Waals surface area contributed by atoms with Gasteiger partial charge in [-0.2, -0.15) is 0 Å². The van der Waals surface area contributed by atoms with Crippen LogP contribution in [0.2, 0.25) is 0 Å². The van der Waals surface area contributed by atoms with Gasteiger partial charge in [0.15, 0.2) is 0 Å². The molecule has 0 unspecified atom stereocenters. The normalized spacial score (nSPS) is 14.1. The molecule has 0 saturated carbocycles. The lowest BCUT2D eigenvalue weighted by Crippen LogP contribution is -2.33. The van der Waals surface area contributed by atoms with Gasteiger partial charge < -0.3 is 10.2 Å². The molecule has 0 radical (unpaired) electrons. The van der Waals surface area contributed by atoms with Gasteiger partial charge >= 0.3 is 0 Å². The highest BCUT2D eigenvalue weighted by Crippen LogP contribution is 2.23. The van der Waals surface area contributed by atoms with Gasteiger partial charge in [0, 0.05) is 39.1 Å². The molecule has 0 bridgehead atoms. The van der Waals surface area contributed by atoms with E-state index in [0.717, 1.165) is 38.2 Å². The van der Waals surface area contributed by atoms with Crippen molar-refractivity contribution in [2.24, 2.45) is 4.99 Å². The summed E-state index contributed by atoms with van der Waals surface area (Å²) in [5.74, 6) is 0.437. The van der Waals surface area contributed by atoms with E-state index in [-0.39, 0.29) is 5.82 Å². The van der Waals surface area contributed by atoms with Crippen LogP contribution in [0.4, 0.5) is 10.1 Å². The number of halogens is 1. The predicted octanol–water partition coefficient (Wildman–Crippen LogP) is 2.64. The highest BCUT2D eigenvalue weighted by atomic mass is 19.1. The van der Waals surface area contributed by atoms with Crippen LogP contribution in [0, 0.1) is 5.82 Å². The molecule has 0 amide bonds. The fourth-order valence-corrected chi connectivity index (χ4v) is 2.73. The van der Waals surface area contributed by atoms with Crippen LogP contribution < -0.4 is 10.2 Å². The summed E-state index contributed by atoms with van der Waals surface area (Å²) in [5.41, 5.74) is 2.66. The first-order chi connectivity index (χ1) is 11.3. The summed E-state index contributed by atoms with van der Waals surface area (Å²) in [6.45, 7) is 2.39. The Morgan fingerprint density at radius 3 is 2.78 bits per heavy atom. The Morgan fingerprint density at radius 1 is 1.22 bits per heavy atom. The van der Waals surface area contributed by atoms with Gasteiger partial charge in [0.05, 0.1) is 11.3 Å². The smallest absolute Gasteiger partial charge is 0.136 e. The number of pyridine rings is 1. The molecule has 120 valence electrons. The zero-order valence-corrected chi connectivity index (χ0v) is 13.3. The third kappa shape index (κ3) is 3.67. The molecule has 0 spiro atoms. The minimum Gasteiger partial charge on any atom is -0.374 e. The number of hydrogen-bond donors (Lipinski definition) is 1. The highest BCUT2D eigenvalue weighted by molar-refractivity contribution is 6.04. The van der Waals surface area contributed by atoms with Gasteiger partial charge in [0.1, 0.15) is 11.7 Å². The average Bonchev–Trinajstić information content (AvgIpc) is 2.61. The molecule has 23 heavy (non-hydrogen) atoms. The van der Waals surface area contributed by atoms with E-state index in [0.29, 0.717) is 11.4 Å². The molecule has 1 aromatic heterocycles. The minimum absolute atomic E-state index is 0.230. The summed E-state index contributed by atoms with van der Waals surface area (Å²) in [6, 6.07) is 9.21. The van der Waals surface area contributed by atoms with Crippen molar-refractivity contribution in [1.82, 2.24) is 10.3 Å². The minimum atomic E-state index is -0.230. The molecule has 3 rings (SSSR count). The zero-order chi connectivity index (χ0) is 16.1. The molecule has 0 fully saturated rings. The Hall–Kier alpha value is -2.43. The van der Waals surface area contributed by atoms with Crippen LogP contribution >= 0.6 is 0 Å². The molecule has 5 heteroatoms. The molecule has 1 aliphatic heterocycles. The molecular weight excluding hydrogens is 291 g/mol. The standard InChI is InChI=1S/C18H21FN4/c1-23(13-8-14-6-11-20-12-7-14)16-5-2-4-15(19)17(16)18-21-9-3-10-22-18/h2,4-7,11-12H,3,8-10,13H2,1H3,(H,21,22). The van der Waals surface area contributed by atoms with Crippen molar-refractivity contribution >= 4 is 11.5 Å². The van der Waals surface area contributed by atoms with Crippen LogP contribution in [-0.4, -0.2) is 37.5 Å². The van der Waals surface area contributed by atoms with E-state index >= 15 is 0 Å². The van der Waals surface area contributed by atoms with Crippen LogP contribution in [0.25, 0.3) is 0 Å². The third-order valence-corrected chi connectivity index (χ3v) is 4.02. The first-order valence-electron chi connectivity index (χ1n) is 7.93. The maximum absolute atomic E-state index is 14.4. The van der Waals surface area contributed by atoms with Crippen LogP contribution in [-0.2, 0) is 6.42 Å². The summed E-state index contributed by atoms with van der Waals surface area (Å²) in [6.07, 6.45) is 5.47. The number of amidine groups is 1. The molecule has 4 nitrogen and oxygen atoms in total. The fourth-order valence-electron chi connectivity index (χ4n) is 2.73. The second-order valence-electron chi connectivity index (χ2n) is 5.67. The highest BCUT2D eigenvalue weighted by Gasteiger charge is 2.18. The largest absolute Gasteiger partial charge is 0.374 e. The number of likely N-dealkylation sites (N-methyl/N-ethyl adjacent to an activating group) is 1. The van der Waals surface area contributed by atoms with E-state index in [9.17, 15) is 4.39 Å². The molecule has 0 saturated heterocycles. The van der Waals surface area contributed by atoms with E-state index in [1.807, 2.05) is 25.2 Å². The second kappa shape index (κ2) is 7.22. The summed E-state index contributed by atoms with van der Waals surface area (Å²) >= 11 is 0. The average molecular weight is 312 g/mol. The van der Waals surface area contributed by atoms with E-state index < -0.39 is 0 Å². The Balaban J connectivity index is 1.81. The molecule has 2 aromatic rings. The van der Waals surface area contributed by atoms with Crippen molar-refractivity contribution < 1.29 is 4.39 Å². The molecule has 1 N–H and O–H groups in total. The van der Waals surface area contributed by atoms with E-state index in [1.54, 1.807) is 18.5 Å². The molecule has 0 atom stereocenters.